The molecule has 0 spiro atoms. The molecule has 0 aromatic heterocycles. The van der Waals surface area contributed by atoms with Crippen molar-refractivity contribution in [1.82, 2.24) is 0 Å². The van der Waals surface area contributed by atoms with Crippen molar-refractivity contribution < 1.29 is 4.39 Å². The highest BCUT2D eigenvalue weighted by molar-refractivity contribution is 5.24. The summed E-state index contributed by atoms with van der Waals surface area (Å²) in [6.45, 7) is 4.15. The highest BCUT2D eigenvalue weighted by atomic mass is 19.1. The number of benzene rings is 1. The van der Waals surface area contributed by atoms with Crippen molar-refractivity contribution in [3.63, 3.8) is 0 Å². The van der Waals surface area contributed by atoms with E-state index < -0.39 is 0 Å². The smallest absolute Gasteiger partial charge is 0.126 e. The van der Waals surface area contributed by atoms with E-state index in [9.17, 15) is 4.39 Å². The molecule has 0 N–H and O–H groups in total. The molecule has 1 atom stereocenters. The van der Waals surface area contributed by atoms with Gasteiger partial charge < -0.3 is 0 Å². The third-order valence-corrected chi connectivity index (χ3v) is 7.75. The molecular weight excluding hydrogens is 355 g/mol. The van der Waals surface area contributed by atoms with Crippen molar-refractivity contribution >= 4 is 0 Å². The zero-order valence-electron chi connectivity index (χ0n) is 19.0. The lowest BCUT2D eigenvalue weighted by atomic mass is 9.76. The maximum Gasteiger partial charge on any atom is 0.126 e. The maximum atomic E-state index is 13.7. The summed E-state index contributed by atoms with van der Waals surface area (Å²) in [6, 6.07) is 5.72. The van der Waals surface area contributed by atoms with Crippen LogP contribution in [0.3, 0.4) is 0 Å². The van der Waals surface area contributed by atoms with Gasteiger partial charge in [0.15, 0.2) is 0 Å². The predicted octanol–water partition coefficient (Wildman–Crippen LogP) is 8.96. The van der Waals surface area contributed by atoms with Crippen LogP contribution in [0.15, 0.2) is 29.8 Å². The average molecular weight is 399 g/mol. The molecule has 1 heteroatoms. The van der Waals surface area contributed by atoms with E-state index in [1.165, 1.54) is 83.5 Å². The third kappa shape index (κ3) is 7.58. The molecule has 29 heavy (non-hydrogen) atoms. The van der Waals surface area contributed by atoms with Gasteiger partial charge in [-0.15, -0.1) is 0 Å². The molecule has 0 aliphatic heterocycles. The van der Waals surface area contributed by atoms with Crippen LogP contribution in [0, 0.1) is 30.5 Å². The standard InChI is InChI=1S/C28H43F/c1-3-4-5-6-23-9-11-24(12-10-23)13-14-25-15-17-26(18-16-25)19-20-27-8-7-22(2)28(29)21-27/h7-8,17,21,23-25H,3-6,9-16,18-20H2,1-2H3/t23-,24-,25?. The second-order valence-electron chi connectivity index (χ2n) is 10.0. The van der Waals surface area contributed by atoms with Crippen LogP contribution in [0.2, 0.25) is 0 Å². The first kappa shape index (κ1) is 22.6. The number of aryl methyl sites for hydroxylation is 2. The topological polar surface area (TPSA) is 0 Å². The van der Waals surface area contributed by atoms with Gasteiger partial charge in [0.05, 0.1) is 0 Å². The van der Waals surface area contributed by atoms with Gasteiger partial charge in [0, 0.05) is 0 Å². The van der Waals surface area contributed by atoms with Gasteiger partial charge in [0.25, 0.3) is 0 Å². The predicted molar refractivity (Wildman–Crippen MR) is 124 cm³/mol. The fraction of sp³-hybridized carbons (Fsp3) is 0.714. The lowest BCUT2D eigenvalue weighted by Crippen LogP contribution is -2.16. The highest BCUT2D eigenvalue weighted by Crippen LogP contribution is 2.37. The number of allylic oxidation sites excluding steroid dienone is 2. The fourth-order valence-corrected chi connectivity index (χ4v) is 5.49. The molecule has 1 aromatic rings. The maximum absolute atomic E-state index is 13.7. The SMILES string of the molecule is CCCCC[C@H]1CC[C@H](CCC2CC=C(CCc3ccc(C)c(F)c3)CC2)CC1. The zero-order valence-corrected chi connectivity index (χ0v) is 19.0. The molecule has 2 aliphatic rings. The quantitative estimate of drug-likeness (QED) is 0.272. The summed E-state index contributed by atoms with van der Waals surface area (Å²) in [4.78, 5) is 0. The second kappa shape index (κ2) is 11.9. The highest BCUT2D eigenvalue weighted by Gasteiger charge is 2.22. The first-order valence-electron chi connectivity index (χ1n) is 12.6. The molecule has 0 nitrogen and oxygen atoms in total. The van der Waals surface area contributed by atoms with Crippen molar-refractivity contribution in [3.05, 3.63) is 46.8 Å². The first-order chi connectivity index (χ1) is 14.1. The summed E-state index contributed by atoms with van der Waals surface area (Å²) in [5.41, 5.74) is 3.50. The Hall–Kier alpha value is -1.11. The van der Waals surface area contributed by atoms with E-state index in [1.54, 1.807) is 11.6 Å². The van der Waals surface area contributed by atoms with Crippen LogP contribution in [-0.4, -0.2) is 0 Å². The molecule has 0 heterocycles. The van der Waals surface area contributed by atoms with E-state index in [-0.39, 0.29) is 5.82 Å². The van der Waals surface area contributed by atoms with Crippen molar-refractivity contribution in [3.8, 4) is 0 Å². The van der Waals surface area contributed by atoms with Gasteiger partial charge in [0.2, 0.25) is 0 Å². The Balaban J connectivity index is 1.30. The lowest BCUT2D eigenvalue weighted by Gasteiger charge is -2.30. The van der Waals surface area contributed by atoms with Crippen molar-refractivity contribution in [2.45, 2.75) is 110 Å². The van der Waals surface area contributed by atoms with Crippen molar-refractivity contribution in [1.29, 1.82) is 0 Å². The number of halogens is 1. The number of hydrogen-bond acceptors (Lipinski definition) is 0. The van der Waals surface area contributed by atoms with Crippen LogP contribution in [0.25, 0.3) is 0 Å². The summed E-state index contributed by atoms with van der Waals surface area (Å²) < 4.78 is 13.7. The van der Waals surface area contributed by atoms with E-state index >= 15 is 0 Å². The zero-order chi connectivity index (χ0) is 20.5. The van der Waals surface area contributed by atoms with Crippen LogP contribution >= 0.6 is 0 Å². The number of rotatable bonds is 10. The molecule has 1 fully saturated rings. The number of unbranched alkanes of at least 4 members (excludes halogenated alkanes) is 2. The first-order valence-corrected chi connectivity index (χ1v) is 12.6. The molecule has 0 radical (unpaired) electrons. The Morgan fingerprint density at radius 1 is 0.862 bits per heavy atom. The van der Waals surface area contributed by atoms with Crippen LogP contribution in [0.5, 0.6) is 0 Å². The van der Waals surface area contributed by atoms with Gasteiger partial charge in [-0.25, -0.2) is 4.39 Å². The minimum absolute atomic E-state index is 0.0600. The summed E-state index contributed by atoms with van der Waals surface area (Å²) in [6.07, 6.45) is 23.2. The van der Waals surface area contributed by atoms with Gasteiger partial charge in [-0.05, 0) is 80.4 Å². The van der Waals surface area contributed by atoms with Gasteiger partial charge in [-0.1, -0.05) is 88.5 Å². The van der Waals surface area contributed by atoms with Gasteiger partial charge >= 0.3 is 0 Å². The Morgan fingerprint density at radius 3 is 2.24 bits per heavy atom. The van der Waals surface area contributed by atoms with Gasteiger partial charge in [-0.2, -0.15) is 0 Å². The summed E-state index contributed by atoms with van der Waals surface area (Å²) >= 11 is 0. The Kier molecular flexibility index (Phi) is 9.28. The molecule has 2 aliphatic carbocycles. The Labute approximate surface area is 179 Å². The van der Waals surface area contributed by atoms with Crippen molar-refractivity contribution in [2.24, 2.45) is 17.8 Å². The summed E-state index contributed by atoms with van der Waals surface area (Å²) in [5.74, 6) is 2.91. The molecular formula is C28H43F. The minimum Gasteiger partial charge on any atom is -0.207 e. The van der Waals surface area contributed by atoms with E-state index in [0.717, 1.165) is 41.7 Å². The monoisotopic (exact) mass is 398 g/mol. The Morgan fingerprint density at radius 2 is 1.59 bits per heavy atom. The minimum atomic E-state index is -0.0600. The molecule has 1 unspecified atom stereocenters. The molecule has 1 saturated carbocycles. The third-order valence-electron chi connectivity index (χ3n) is 7.75. The van der Waals surface area contributed by atoms with Crippen LogP contribution < -0.4 is 0 Å². The van der Waals surface area contributed by atoms with Gasteiger partial charge in [-0.3, -0.25) is 0 Å². The second-order valence-corrected chi connectivity index (χ2v) is 10.0. The van der Waals surface area contributed by atoms with Crippen LogP contribution in [0.1, 0.15) is 108 Å². The molecule has 0 amide bonds. The molecule has 1 aromatic carbocycles. The summed E-state index contributed by atoms with van der Waals surface area (Å²) in [7, 11) is 0. The van der Waals surface area contributed by atoms with E-state index in [4.69, 9.17) is 0 Å². The summed E-state index contributed by atoms with van der Waals surface area (Å²) in [5, 5.41) is 0. The van der Waals surface area contributed by atoms with E-state index in [1.807, 2.05) is 13.0 Å². The van der Waals surface area contributed by atoms with E-state index in [2.05, 4.69) is 19.1 Å². The largest absolute Gasteiger partial charge is 0.207 e. The van der Waals surface area contributed by atoms with Crippen LogP contribution in [-0.2, 0) is 6.42 Å². The molecule has 0 saturated heterocycles. The normalized spacial score (nSPS) is 25.1. The lowest BCUT2D eigenvalue weighted by molar-refractivity contribution is 0.234. The fourth-order valence-electron chi connectivity index (χ4n) is 5.49. The van der Waals surface area contributed by atoms with Crippen molar-refractivity contribution in [2.75, 3.05) is 0 Å². The van der Waals surface area contributed by atoms with Crippen LogP contribution in [0.4, 0.5) is 4.39 Å². The van der Waals surface area contributed by atoms with E-state index in [0.29, 0.717) is 0 Å². The molecule has 3 rings (SSSR count). The average Bonchev–Trinajstić information content (AvgIpc) is 2.75. The molecule has 162 valence electrons. The number of hydrogen-bond donors (Lipinski definition) is 0. The molecule has 0 bridgehead atoms. The van der Waals surface area contributed by atoms with Gasteiger partial charge in [0.1, 0.15) is 5.82 Å². The Bertz CT molecular complexity index is 636.